The number of ether oxygens (including phenoxy) is 2. The standard InChI is InChI=1S/C15H10O4/c16-12-6-3-1-2-4-7(6)13(17)15-9-5-8(10-11(9)18-10)14(12,15)19-15/h1-4,8-11H,5H2/t8-,9+,10?,11?,14?,15?. The molecule has 2 bridgehead atoms. The third-order valence-corrected chi connectivity index (χ3v) is 5.83. The van der Waals surface area contributed by atoms with E-state index in [9.17, 15) is 9.59 Å². The van der Waals surface area contributed by atoms with E-state index in [0.29, 0.717) is 11.1 Å². The molecule has 1 aromatic rings. The van der Waals surface area contributed by atoms with Crippen LogP contribution in [0, 0.1) is 11.8 Å². The number of epoxide rings is 2. The SMILES string of the molecule is O=C1c2ccccc2C(=O)C23OC12[C@@H]1C[C@H]3C2OC21. The van der Waals surface area contributed by atoms with E-state index in [0.717, 1.165) is 6.42 Å². The van der Waals surface area contributed by atoms with E-state index in [-0.39, 0.29) is 35.6 Å². The van der Waals surface area contributed by atoms with Gasteiger partial charge in [-0.15, -0.1) is 0 Å². The van der Waals surface area contributed by atoms with Gasteiger partial charge in [-0.25, -0.2) is 0 Å². The Morgan fingerprint density at radius 2 is 1.47 bits per heavy atom. The normalized spacial score (nSPS) is 54.3. The highest BCUT2D eigenvalue weighted by Crippen LogP contribution is 2.78. The van der Waals surface area contributed by atoms with Gasteiger partial charge in [0, 0.05) is 23.0 Å². The summed E-state index contributed by atoms with van der Waals surface area (Å²) in [7, 11) is 0. The van der Waals surface area contributed by atoms with Crippen molar-refractivity contribution >= 4 is 11.6 Å². The number of fused-ring (bicyclic) bond motifs is 6. The molecule has 6 rings (SSSR count). The summed E-state index contributed by atoms with van der Waals surface area (Å²) in [5.41, 5.74) is -0.683. The number of rotatable bonds is 0. The van der Waals surface area contributed by atoms with Crippen LogP contribution in [0.1, 0.15) is 27.1 Å². The molecular weight excluding hydrogens is 244 g/mol. The topological polar surface area (TPSA) is 59.2 Å². The molecule has 4 unspecified atom stereocenters. The van der Waals surface area contributed by atoms with Gasteiger partial charge in [0.15, 0.2) is 22.8 Å². The molecule has 5 aliphatic rings. The highest BCUT2D eigenvalue weighted by atomic mass is 16.7. The lowest BCUT2D eigenvalue weighted by molar-refractivity contribution is 0.0653. The summed E-state index contributed by atoms with van der Waals surface area (Å²) >= 11 is 0. The third-order valence-electron chi connectivity index (χ3n) is 5.83. The van der Waals surface area contributed by atoms with Gasteiger partial charge in [0.25, 0.3) is 0 Å². The summed E-state index contributed by atoms with van der Waals surface area (Å²) in [5, 5.41) is 0. The molecule has 4 heteroatoms. The molecule has 19 heavy (non-hydrogen) atoms. The predicted octanol–water partition coefficient (Wildman–Crippen LogP) is 0.990. The summed E-state index contributed by atoms with van der Waals surface area (Å²) < 4.78 is 11.5. The monoisotopic (exact) mass is 254 g/mol. The average molecular weight is 254 g/mol. The molecule has 2 saturated carbocycles. The lowest BCUT2D eigenvalue weighted by atomic mass is 9.67. The van der Waals surface area contributed by atoms with Gasteiger partial charge in [0.05, 0.1) is 12.2 Å². The second-order valence-electron chi connectivity index (χ2n) is 6.29. The first-order valence-electron chi connectivity index (χ1n) is 6.76. The summed E-state index contributed by atoms with van der Waals surface area (Å²) in [5.74, 6) is 0.188. The summed E-state index contributed by atoms with van der Waals surface area (Å²) in [6.07, 6.45) is 1.21. The highest BCUT2D eigenvalue weighted by Gasteiger charge is 2.96. The Labute approximate surface area is 108 Å². The van der Waals surface area contributed by atoms with Crippen molar-refractivity contribution in [3.05, 3.63) is 35.4 Å². The summed E-state index contributed by atoms with van der Waals surface area (Å²) in [6, 6.07) is 7.10. The van der Waals surface area contributed by atoms with Gasteiger partial charge >= 0.3 is 0 Å². The van der Waals surface area contributed by atoms with Crippen LogP contribution in [0.2, 0.25) is 0 Å². The van der Waals surface area contributed by atoms with Crippen LogP contribution < -0.4 is 0 Å². The smallest absolute Gasteiger partial charge is 0.199 e. The van der Waals surface area contributed by atoms with Crippen molar-refractivity contribution in [1.82, 2.24) is 0 Å². The molecule has 0 aromatic heterocycles. The van der Waals surface area contributed by atoms with Gasteiger partial charge in [0.1, 0.15) is 0 Å². The fraction of sp³-hybridized carbons (Fsp3) is 0.467. The number of hydrogen-bond donors (Lipinski definition) is 0. The van der Waals surface area contributed by atoms with Gasteiger partial charge in [-0.3, -0.25) is 9.59 Å². The van der Waals surface area contributed by atoms with E-state index in [1.54, 1.807) is 24.3 Å². The quantitative estimate of drug-likeness (QED) is 0.648. The summed E-state index contributed by atoms with van der Waals surface area (Å²) in [4.78, 5) is 25.6. The van der Waals surface area contributed by atoms with Gasteiger partial charge in [-0.2, -0.15) is 0 Å². The lowest BCUT2D eigenvalue weighted by Gasteiger charge is -2.25. The molecular formula is C15H10O4. The van der Waals surface area contributed by atoms with Crippen molar-refractivity contribution in [3.8, 4) is 0 Å². The number of carbonyl (C=O) groups is 2. The zero-order valence-corrected chi connectivity index (χ0v) is 9.96. The average Bonchev–Trinajstić information content (AvgIpc) is 3.33. The number of ketones is 2. The van der Waals surface area contributed by atoms with Crippen molar-refractivity contribution < 1.29 is 19.1 Å². The first-order valence-corrected chi connectivity index (χ1v) is 6.76. The zero-order chi connectivity index (χ0) is 12.6. The molecule has 2 aliphatic heterocycles. The molecule has 4 nitrogen and oxygen atoms in total. The maximum Gasteiger partial charge on any atom is 0.199 e. The number of carbonyl (C=O) groups excluding carboxylic acids is 2. The Kier molecular flexibility index (Phi) is 1.13. The molecule has 4 fully saturated rings. The fourth-order valence-electron chi connectivity index (χ4n) is 5.10. The van der Waals surface area contributed by atoms with Crippen molar-refractivity contribution in [1.29, 1.82) is 0 Å². The first-order chi connectivity index (χ1) is 9.22. The minimum atomic E-state index is -0.874. The minimum absolute atomic E-state index is 0.00384. The van der Waals surface area contributed by atoms with Crippen molar-refractivity contribution in [3.63, 3.8) is 0 Å². The van der Waals surface area contributed by atoms with Crippen LogP contribution in [0.25, 0.3) is 0 Å². The minimum Gasteiger partial charge on any atom is -0.369 e. The van der Waals surface area contributed by atoms with Crippen LogP contribution in [0.15, 0.2) is 24.3 Å². The fourth-order valence-corrected chi connectivity index (χ4v) is 5.10. The van der Waals surface area contributed by atoms with Crippen LogP contribution in [0.3, 0.4) is 0 Å². The van der Waals surface area contributed by atoms with Crippen molar-refractivity contribution in [2.24, 2.45) is 11.8 Å². The zero-order valence-electron chi connectivity index (χ0n) is 9.96. The van der Waals surface area contributed by atoms with Crippen LogP contribution >= 0.6 is 0 Å². The lowest BCUT2D eigenvalue weighted by Crippen LogP contribution is -2.50. The van der Waals surface area contributed by atoms with Gasteiger partial charge in [-0.05, 0) is 6.42 Å². The Balaban J connectivity index is 1.68. The molecule has 0 radical (unpaired) electrons. The first kappa shape index (κ1) is 9.39. The van der Waals surface area contributed by atoms with Crippen LogP contribution in [-0.4, -0.2) is 35.0 Å². The van der Waals surface area contributed by atoms with Crippen LogP contribution in [-0.2, 0) is 9.47 Å². The Hall–Kier alpha value is -1.52. The third kappa shape index (κ3) is 0.658. The second kappa shape index (κ2) is 2.30. The van der Waals surface area contributed by atoms with E-state index >= 15 is 0 Å². The van der Waals surface area contributed by atoms with E-state index in [2.05, 4.69) is 0 Å². The molecule has 0 spiro atoms. The van der Waals surface area contributed by atoms with Crippen molar-refractivity contribution in [2.75, 3.05) is 0 Å². The van der Waals surface area contributed by atoms with Gasteiger partial charge in [0.2, 0.25) is 0 Å². The Morgan fingerprint density at radius 3 is 2.00 bits per heavy atom. The molecule has 6 atom stereocenters. The molecule has 3 aliphatic carbocycles. The predicted molar refractivity (Wildman–Crippen MR) is 61.9 cm³/mol. The van der Waals surface area contributed by atoms with Crippen LogP contribution in [0.4, 0.5) is 0 Å². The Bertz CT molecular complexity index is 653. The molecule has 1 aromatic carbocycles. The number of Topliss-reactive ketones (excluding diaryl/α,β-unsaturated/α-hetero) is 2. The van der Waals surface area contributed by atoms with Crippen molar-refractivity contribution in [2.45, 2.75) is 29.8 Å². The van der Waals surface area contributed by atoms with Gasteiger partial charge in [-0.1, -0.05) is 24.3 Å². The second-order valence-corrected chi connectivity index (χ2v) is 6.29. The Morgan fingerprint density at radius 1 is 0.947 bits per heavy atom. The van der Waals surface area contributed by atoms with E-state index < -0.39 is 11.2 Å². The van der Waals surface area contributed by atoms with E-state index in [1.807, 2.05) is 0 Å². The molecule has 2 heterocycles. The number of benzene rings is 1. The van der Waals surface area contributed by atoms with E-state index in [4.69, 9.17) is 9.47 Å². The maximum absolute atomic E-state index is 12.8. The van der Waals surface area contributed by atoms with Gasteiger partial charge < -0.3 is 9.47 Å². The van der Waals surface area contributed by atoms with Crippen LogP contribution in [0.5, 0.6) is 0 Å². The molecule has 94 valence electrons. The largest absolute Gasteiger partial charge is 0.369 e. The molecule has 0 amide bonds. The number of hydrogen-bond acceptors (Lipinski definition) is 4. The maximum atomic E-state index is 12.8. The summed E-state index contributed by atoms with van der Waals surface area (Å²) in [6.45, 7) is 0. The highest BCUT2D eigenvalue weighted by molar-refractivity contribution is 6.26. The van der Waals surface area contributed by atoms with E-state index in [1.165, 1.54) is 0 Å². The molecule has 2 saturated heterocycles. The molecule has 0 N–H and O–H groups in total.